The highest BCUT2D eigenvalue weighted by atomic mass is 35.5. The number of nitrogens with one attached hydrogen (secondary N) is 1. The summed E-state index contributed by atoms with van der Waals surface area (Å²) in [5.41, 5.74) is 2.60. The summed E-state index contributed by atoms with van der Waals surface area (Å²) in [6.07, 6.45) is 0. The molecule has 128 valence electrons. The van der Waals surface area contributed by atoms with Gasteiger partial charge >= 0.3 is 0 Å². The fourth-order valence-corrected chi connectivity index (χ4v) is 4.04. The van der Waals surface area contributed by atoms with Crippen molar-refractivity contribution in [2.24, 2.45) is 16.5 Å². The molecular weight excluding hydrogens is 340 g/mol. The zero-order valence-electron chi connectivity index (χ0n) is 14.2. The number of benzene rings is 2. The number of halogens is 1. The number of methoxy groups -OCH3 is 1. The number of anilines is 1. The normalized spacial score (nSPS) is 21.4. The number of ether oxygens (including phenoxy) is 1. The van der Waals surface area contributed by atoms with E-state index >= 15 is 0 Å². The lowest BCUT2D eigenvalue weighted by atomic mass is 10.0. The number of hydrogen-bond acceptors (Lipinski definition) is 4. The smallest absolute Gasteiger partial charge is 0.142 e. The highest BCUT2D eigenvalue weighted by Gasteiger charge is 2.57. The van der Waals surface area contributed by atoms with E-state index in [1.807, 2.05) is 18.2 Å². The summed E-state index contributed by atoms with van der Waals surface area (Å²) >= 11 is 7.39. The van der Waals surface area contributed by atoms with Gasteiger partial charge in [-0.15, -0.1) is 0 Å². The van der Waals surface area contributed by atoms with Crippen LogP contribution in [-0.2, 0) is 0 Å². The van der Waals surface area contributed by atoms with Crippen molar-refractivity contribution in [3.63, 3.8) is 0 Å². The number of nitrogens with two attached hydrogens (primary N) is 1. The van der Waals surface area contributed by atoms with Gasteiger partial charge in [0.15, 0.2) is 0 Å². The van der Waals surface area contributed by atoms with Crippen molar-refractivity contribution in [1.29, 1.82) is 0 Å². The third-order valence-electron chi connectivity index (χ3n) is 5.10. The van der Waals surface area contributed by atoms with Crippen LogP contribution in [-0.4, -0.2) is 13.7 Å². The first-order valence-corrected chi connectivity index (χ1v) is 9.27. The average molecular weight is 363 g/mol. The first-order valence-electron chi connectivity index (χ1n) is 8.01. The molecule has 0 aliphatic heterocycles. The Bertz CT molecular complexity index is 718. The fourth-order valence-electron chi connectivity index (χ4n) is 3.58. The zero-order valence-corrected chi connectivity index (χ0v) is 15.7. The lowest BCUT2D eigenvalue weighted by Crippen LogP contribution is -2.08. The molecule has 3 N–H and O–H groups in total. The highest BCUT2D eigenvalue weighted by molar-refractivity contribution is 7.97. The van der Waals surface area contributed by atoms with Crippen molar-refractivity contribution in [3.05, 3.63) is 53.1 Å². The van der Waals surface area contributed by atoms with Gasteiger partial charge in [0, 0.05) is 16.5 Å². The van der Waals surface area contributed by atoms with Crippen LogP contribution in [0.25, 0.3) is 0 Å². The van der Waals surface area contributed by atoms with Gasteiger partial charge in [0.2, 0.25) is 0 Å². The van der Waals surface area contributed by atoms with E-state index in [2.05, 4.69) is 43.4 Å². The summed E-state index contributed by atoms with van der Waals surface area (Å²) in [6, 6.07) is 14.2. The second-order valence-electron chi connectivity index (χ2n) is 6.82. The van der Waals surface area contributed by atoms with Gasteiger partial charge in [-0.1, -0.05) is 37.6 Å². The van der Waals surface area contributed by atoms with Gasteiger partial charge in [0.1, 0.15) is 5.75 Å². The Kier molecular flexibility index (Phi) is 5.00. The summed E-state index contributed by atoms with van der Waals surface area (Å²) in [4.78, 5) is 1.09. The second kappa shape index (κ2) is 6.87. The van der Waals surface area contributed by atoms with Crippen LogP contribution in [0.5, 0.6) is 5.75 Å². The topological polar surface area (TPSA) is 47.3 Å². The molecule has 0 heterocycles. The van der Waals surface area contributed by atoms with Gasteiger partial charge in [-0.05, 0) is 65.1 Å². The first-order chi connectivity index (χ1) is 11.5. The van der Waals surface area contributed by atoms with Gasteiger partial charge in [0.05, 0.1) is 12.8 Å². The summed E-state index contributed by atoms with van der Waals surface area (Å²) in [5, 5.41) is 9.83. The molecule has 2 unspecified atom stereocenters. The third-order valence-corrected chi connectivity index (χ3v) is 5.88. The Morgan fingerprint density at radius 1 is 1.21 bits per heavy atom. The molecule has 0 amide bonds. The van der Waals surface area contributed by atoms with Crippen molar-refractivity contribution in [2.45, 2.75) is 24.7 Å². The molecule has 3 nitrogen and oxygen atoms in total. The van der Waals surface area contributed by atoms with Gasteiger partial charge in [-0.2, -0.15) is 0 Å². The Labute approximate surface area is 153 Å². The van der Waals surface area contributed by atoms with Crippen LogP contribution in [0.15, 0.2) is 47.4 Å². The van der Waals surface area contributed by atoms with E-state index in [-0.39, 0.29) is 5.41 Å². The van der Waals surface area contributed by atoms with E-state index in [1.165, 1.54) is 17.5 Å². The average Bonchev–Trinajstić information content (AvgIpc) is 3.14. The van der Waals surface area contributed by atoms with Crippen molar-refractivity contribution in [2.75, 3.05) is 19.0 Å². The minimum absolute atomic E-state index is 0.274. The van der Waals surface area contributed by atoms with E-state index in [9.17, 15) is 0 Å². The maximum absolute atomic E-state index is 6.11. The van der Waals surface area contributed by atoms with Crippen LogP contribution in [0.3, 0.4) is 0 Å². The molecule has 1 fully saturated rings. The van der Waals surface area contributed by atoms with E-state index in [0.717, 1.165) is 22.9 Å². The summed E-state index contributed by atoms with van der Waals surface area (Å²) in [7, 11) is 1.68. The molecule has 5 heteroatoms. The minimum atomic E-state index is 0.274. The summed E-state index contributed by atoms with van der Waals surface area (Å²) in [5.74, 6) is 1.93. The molecule has 0 spiro atoms. The molecule has 3 rings (SSSR count). The Balaban J connectivity index is 1.70. The predicted octanol–water partition coefficient (Wildman–Crippen LogP) is 5.17. The van der Waals surface area contributed by atoms with Crippen LogP contribution in [0.4, 0.5) is 5.69 Å². The molecule has 0 radical (unpaired) electrons. The van der Waals surface area contributed by atoms with Crippen LogP contribution in [0.2, 0.25) is 5.02 Å². The maximum Gasteiger partial charge on any atom is 0.142 e. The zero-order chi connectivity index (χ0) is 17.3. The molecule has 0 aromatic heterocycles. The standard InChI is InChI=1S/C19H23ClN2OS/c1-19(2)15(18(19)12-4-7-14(24-21)8-5-12)11-22-16-10-13(20)6-9-17(16)23-3/h4-10,15,18,22H,11,21H2,1-3H3. The van der Waals surface area contributed by atoms with Crippen LogP contribution in [0.1, 0.15) is 25.3 Å². The van der Waals surface area contributed by atoms with Gasteiger partial charge < -0.3 is 10.1 Å². The van der Waals surface area contributed by atoms with Crippen molar-refractivity contribution < 1.29 is 4.74 Å². The quantitative estimate of drug-likeness (QED) is 0.696. The van der Waals surface area contributed by atoms with Gasteiger partial charge in [-0.25, -0.2) is 0 Å². The molecule has 2 atom stereocenters. The molecule has 0 bridgehead atoms. The molecule has 0 saturated heterocycles. The minimum Gasteiger partial charge on any atom is -0.495 e. The van der Waals surface area contributed by atoms with Crippen LogP contribution in [0, 0.1) is 11.3 Å². The summed E-state index contributed by atoms with van der Waals surface area (Å²) < 4.78 is 5.41. The Hall–Kier alpha value is -1.36. The van der Waals surface area contributed by atoms with Crippen molar-refractivity contribution >= 4 is 29.2 Å². The molecule has 1 aliphatic carbocycles. The Morgan fingerprint density at radius 2 is 1.92 bits per heavy atom. The van der Waals surface area contributed by atoms with Crippen LogP contribution >= 0.6 is 23.5 Å². The molecule has 1 aliphatic rings. The molecule has 2 aromatic carbocycles. The summed E-state index contributed by atoms with van der Waals surface area (Å²) in [6.45, 7) is 5.54. The van der Waals surface area contributed by atoms with Crippen molar-refractivity contribution in [3.8, 4) is 5.75 Å². The lowest BCUT2D eigenvalue weighted by Gasteiger charge is -2.12. The molecule has 1 saturated carbocycles. The monoisotopic (exact) mass is 362 g/mol. The lowest BCUT2D eigenvalue weighted by molar-refractivity contribution is 0.416. The highest BCUT2D eigenvalue weighted by Crippen LogP contribution is 2.64. The Morgan fingerprint density at radius 3 is 2.54 bits per heavy atom. The maximum atomic E-state index is 6.11. The second-order valence-corrected chi connectivity index (χ2v) is 7.96. The molecule has 24 heavy (non-hydrogen) atoms. The van der Waals surface area contributed by atoms with E-state index in [4.69, 9.17) is 21.5 Å². The van der Waals surface area contributed by atoms with Gasteiger partial charge in [-0.3, -0.25) is 5.14 Å². The van der Waals surface area contributed by atoms with E-state index < -0.39 is 0 Å². The third kappa shape index (κ3) is 3.37. The predicted molar refractivity (Wildman–Crippen MR) is 103 cm³/mol. The van der Waals surface area contributed by atoms with E-state index in [0.29, 0.717) is 16.9 Å². The SMILES string of the molecule is COc1ccc(Cl)cc1NCC1C(c2ccc(SN)cc2)C1(C)C. The largest absolute Gasteiger partial charge is 0.495 e. The first kappa shape index (κ1) is 17.5. The molecule has 2 aromatic rings. The number of hydrogen-bond donors (Lipinski definition) is 2. The van der Waals surface area contributed by atoms with E-state index in [1.54, 1.807) is 7.11 Å². The molecular formula is C19H23ClN2OS. The fraction of sp³-hybridized carbons (Fsp3) is 0.368. The van der Waals surface area contributed by atoms with Gasteiger partial charge in [0.25, 0.3) is 0 Å². The number of rotatable bonds is 6. The van der Waals surface area contributed by atoms with Crippen LogP contribution < -0.4 is 15.2 Å². The van der Waals surface area contributed by atoms with Crippen molar-refractivity contribution in [1.82, 2.24) is 0 Å².